The summed E-state index contributed by atoms with van der Waals surface area (Å²) in [6.07, 6.45) is 4.31. The summed E-state index contributed by atoms with van der Waals surface area (Å²) in [5.41, 5.74) is -0.199. The normalized spacial score (nSPS) is 14.4. The van der Waals surface area contributed by atoms with Crippen molar-refractivity contribution in [2.75, 3.05) is 19.8 Å². The molecular formula is C17H19Cl2N3O4S. The molecule has 1 N–H and O–H groups in total. The molecule has 0 bridgehead atoms. The zero-order chi connectivity index (χ0) is 19.4. The van der Waals surface area contributed by atoms with E-state index < -0.39 is 15.6 Å². The minimum atomic E-state index is -3.64. The van der Waals surface area contributed by atoms with E-state index in [1.54, 1.807) is 0 Å². The second-order valence-corrected chi connectivity index (χ2v) is 8.84. The Labute approximate surface area is 167 Å². The maximum absolute atomic E-state index is 12.3. The Kier molecular flexibility index (Phi) is 6.54. The minimum Gasteiger partial charge on any atom is -0.381 e. The van der Waals surface area contributed by atoms with E-state index in [4.69, 9.17) is 27.9 Å². The van der Waals surface area contributed by atoms with E-state index >= 15 is 0 Å². The van der Waals surface area contributed by atoms with Crippen molar-refractivity contribution in [1.82, 2.24) is 14.5 Å². The average Bonchev–Trinajstić information content (AvgIpc) is 3.47. The SMILES string of the molecule is O=c1c(Cl)c(Cl)cnn1-c1ccc(S(=O)(=O)NCCCOCC2CC2)cc1. The number of ether oxygens (including phenoxy) is 1. The smallest absolute Gasteiger partial charge is 0.291 e. The Morgan fingerprint density at radius 1 is 1.22 bits per heavy atom. The highest BCUT2D eigenvalue weighted by Crippen LogP contribution is 2.28. The lowest BCUT2D eigenvalue weighted by Crippen LogP contribution is -2.26. The van der Waals surface area contributed by atoms with Crippen LogP contribution in [0.2, 0.25) is 10.0 Å². The van der Waals surface area contributed by atoms with Gasteiger partial charge in [0.05, 0.1) is 21.8 Å². The van der Waals surface area contributed by atoms with Crippen molar-refractivity contribution in [1.29, 1.82) is 0 Å². The highest BCUT2D eigenvalue weighted by Gasteiger charge is 2.21. The molecule has 0 radical (unpaired) electrons. The standard InChI is InChI=1S/C17H19Cl2N3O4S/c18-15-10-20-22(17(23)16(15)19)13-4-6-14(7-5-13)27(24,25)21-8-1-9-26-11-12-2-3-12/h4-7,10,12,21H,1-3,8-9,11H2. The third-order valence-electron chi connectivity index (χ3n) is 4.08. The van der Waals surface area contributed by atoms with Crippen LogP contribution in [0.5, 0.6) is 0 Å². The lowest BCUT2D eigenvalue weighted by Gasteiger charge is -2.09. The van der Waals surface area contributed by atoms with Gasteiger partial charge in [0, 0.05) is 19.8 Å². The van der Waals surface area contributed by atoms with Crippen LogP contribution in [0.15, 0.2) is 40.2 Å². The van der Waals surface area contributed by atoms with Gasteiger partial charge in [-0.05, 0) is 49.4 Å². The van der Waals surface area contributed by atoms with Gasteiger partial charge in [-0.2, -0.15) is 9.78 Å². The quantitative estimate of drug-likeness (QED) is 0.616. The zero-order valence-electron chi connectivity index (χ0n) is 14.4. The summed E-state index contributed by atoms with van der Waals surface area (Å²) < 4.78 is 33.7. The first-order valence-electron chi connectivity index (χ1n) is 8.49. The number of benzene rings is 1. The Morgan fingerprint density at radius 3 is 2.59 bits per heavy atom. The van der Waals surface area contributed by atoms with Crippen molar-refractivity contribution in [3.63, 3.8) is 0 Å². The van der Waals surface area contributed by atoms with E-state index in [1.165, 1.54) is 43.3 Å². The average molecular weight is 432 g/mol. The van der Waals surface area contributed by atoms with Crippen LogP contribution in [-0.2, 0) is 14.8 Å². The summed E-state index contributed by atoms with van der Waals surface area (Å²) >= 11 is 11.6. The van der Waals surface area contributed by atoms with E-state index in [-0.39, 0.29) is 14.9 Å². The maximum atomic E-state index is 12.3. The molecular weight excluding hydrogens is 413 g/mol. The van der Waals surface area contributed by atoms with Gasteiger partial charge in [-0.25, -0.2) is 13.1 Å². The molecule has 3 rings (SSSR count). The number of rotatable bonds is 9. The van der Waals surface area contributed by atoms with Crippen molar-refractivity contribution in [2.24, 2.45) is 5.92 Å². The summed E-state index contributed by atoms with van der Waals surface area (Å²) in [5.74, 6) is 0.692. The Balaban J connectivity index is 1.60. The van der Waals surface area contributed by atoms with Crippen LogP contribution >= 0.6 is 23.2 Å². The molecule has 1 saturated carbocycles. The molecule has 7 nitrogen and oxygen atoms in total. The lowest BCUT2D eigenvalue weighted by molar-refractivity contribution is 0.123. The third kappa shape index (κ3) is 5.30. The molecule has 10 heteroatoms. The van der Waals surface area contributed by atoms with Crippen LogP contribution in [-0.4, -0.2) is 38.0 Å². The monoisotopic (exact) mass is 431 g/mol. The molecule has 0 saturated heterocycles. The van der Waals surface area contributed by atoms with E-state index in [2.05, 4.69) is 9.82 Å². The molecule has 2 aromatic rings. The number of aromatic nitrogens is 2. The molecule has 1 aliphatic carbocycles. The minimum absolute atomic E-state index is 0.0578. The highest BCUT2D eigenvalue weighted by atomic mass is 35.5. The Hall–Kier alpha value is -1.45. The second kappa shape index (κ2) is 8.70. The van der Waals surface area contributed by atoms with Crippen molar-refractivity contribution >= 4 is 33.2 Å². The van der Waals surface area contributed by atoms with Gasteiger partial charge in [0.2, 0.25) is 10.0 Å². The van der Waals surface area contributed by atoms with Crippen LogP contribution in [0.25, 0.3) is 5.69 Å². The van der Waals surface area contributed by atoms with Crippen LogP contribution in [0.3, 0.4) is 0 Å². The van der Waals surface area contributed by atoms with E-state index in [1.807, 2.05) is 0 Å². The zero-order valence-corrected chi connectivity index (χ0v) is 16.7. The van der Waals surface area contributed by atoms with Crippen molar-refractivity contribution in [3.8, 4) is 5.69 Å². The van der Waals surface area contributed by atoms with Crippen LogP contribution < -0.4 is 10.3 Å². The molecule has 27 heavy (non-hydrogen) atoms. The number of hydrogen-bond donors (Lipinski definition) is 1. The van der Waals surface area contributed by atoms with Gasteiger partial charge in [-0.1, -0.05) is 23.2 Å². The molecule has 1 aromatic carbocycles. The van der Waals surface area contributed by atoms with Crippen LogP contribution in [0.4, 0.5) is 0 Å². The summed E-state index contributed by atoms with van der Waals surface area (Å²) in [7, 11) is -3.64. The molecule has 0 spiro atoms. The predicted octanol–water partition coefficient (Wildman–Crippen LogP) is 2.63. The van der Waals surface area contributed by atoms with Gasteiger partial charge in [0.25, 0.3) is 5.56 Å². The second-order valence-electron chi connectivity index (χ2n) is 6.29. The van der Waals surface area contributed by atoms with Crippen LogP contribution in [0, 0.1) is 5.92 Å². The molecule has 146 valence electrons. The molecule has 0 unspecified atom stereocenters. The maximum Gasteiger partial charge on any atom is 0.291 e. The fourth-order valence-corrected chi connectivity index (χ4v) is 3.69. The summed E-state index contributed by atoms with van der Waals surface area (Å²) in [5, 5.41) is 3.82. The fourth-order valence-electron chi connectivity index (χ4n) is 2.36. The number of sulfonamides is 1. The first kappa shape index (κ1) is 20.3. The number of nitrogens with one attached hydrogen (secondary N) is 1. The van der Waals surface area contributed by atoms with Gasteiger partial charge >= 0.3 is 0 Å². The van der Waals surface area contributed by atoms with Crippen molar-refractivity contribution < 1.29 is 13.2 Å². The molecule has 1 heterocycles. The number of nitrogens with zero attached hydrogens (tertiary/aromatic N) is 2. The van der Waals surface area contributed by atoms with E-state index in [9.17, 15) is 13.2 Å². The van der Waals surface area contributed by atoms with Crippen molar-refractivity contribution in [3.05, 3.63) is 50.9 Å². The number of halogens is 2. The van der Waals surface area contributed by atoms with Crippen LogP contribution in [0.1, 0.15) is 19.3 Å². The molecule has 1 aliphatic rings. The Morgan fingerprint density at radius 2 is 1.93 bits per heavy atom. The topological polar surface area (TPSA) is 90.3 Å². The summed E-state index contributed by atoms with van der Waals surface area (Å²) in [4.78, 5) is 12.2. The fraction of sp³-hybridized carbons (Fsp3) is 0.412. The summed E-state index contributed by atoms with van der Waals surface area (Å²) in [6.45, 7) is 1.59. The van der Waals surface area contributed by atoms with Gasteiger partial charge in [0.15, 0.2) is 0 Å². The van der Waals surface area contributed by atoms with Crippen molar-refractivity contribution in [2.45, 2.75) is 24.2 Å². The van der Waals surface area contributed by atoms with Gasteiger partial charge in [-0.15, -0.1) is 0 Å². The number of hydrogen-bond acceptors (Lipinski definition) is 5. The van der Waals surface area contributed by atoms with E-state index in [0.717, 1.165) is 11.3 Å². The van der Waals surface area contributed by atoms with Gasteiger partial charge < -0.3 is 4.74 Å². The highest BCUT2D eigenvalue weighted by molar-refractivity contribution is 7.89. The first-order chi connectivity index (χ1) is 12.9. The third-order valence-corrected chi connectivity index (χ3v) is 6.30. The lowest BCUT2D eigenvalue weighted by atomic mass is 10.3. The molecule has 0 atom stereocenters. The molecule has 1 aromatic heterocycles. The van der Waals surface area contributed by atoms with Gasteiger partial charge in [0.1, 0.15) is 5.02 Å². The summed E-state index contributed by atoms with van der Waals surface area (Å²) in [6, 6.07) is 5.76. The first-order valence-corrected chi connectivity index (χ1v) is 10.7. The Bertz CT molecular complexity index is 957. The largest absolute Gasteiger partial charge is 0.381 e. The predicted molar refractivity (Wildman–Crippen MR) is 103 cm³/mol. The van der Waals surface area contributed by atoms with E-state index in [0.29, 0.717) is 31.2 Å². The van der Waals surface area contributed by atoms with Gasteiger partial charge in [-0.3, -0.25) is 4.79 Å². The molecule has 0 amide bonds. The molecule has 0 aliphatic heterocycles. The molecule has 1 fully saturated rings.